The fourth-order valence-corrected chi connectivity index (χ4v) is 2.92. The number of oxazole rings is 1. The number of aliphatic carboxylic acids is 1. The molecule has 3 N–H and O–H groups in total. The van der Waals surface area contributed by atoms with Gasteiger partial charge in [-0.25, -0.2) is 4.98 Å². The van der Waals surface area contributed by atoms with E-state index in [9.17, 15) is 4.79 Å². The third-order valence-electron chi connectivity index (χ3n) is 4.27. The number of aromatic nitrogens is 1. The average Bonchev–Trinajstić information content (AvgIpc) is 3.07. The SMILES string of the molecule is Cl.Nc1ccc2nc(-c3ccc4cc(OCCCC(=O)O)ccc4c3)oc2c1. The molecule has 1 heterocycles. The molecule has 0 unspecified atom stereocenters. The van der Waals surface area contributed by atoms with Crippen LogP contribution in [0, 0.1) is 0 Å². The first-order valence-corrected chi connectivity index (χ1v) is 8.63. The van der Waals surface area contributed by atoms with Crippen LogP contribution in [0.15, 0.2) is 59.0 Å². The Hall–Kier alpha value is -3.25. The smallest absolute Gasteiger partial charge is 0.303 e. The Bertz CT molecular complexity index is 1140. The van der Waals surface area contributed by atoms with Crippen molar-refractivity contribution in [2.24, 2.45) is 0 Å². The second-order valence-electron chi connectivity index (χ2n) is 6.32. The number of carboxylic acid groups (broad SMARTS) is 1. The Labute approximate surface area is 167 Å². The molecule has 0 bridgehead atoms. The molecule has 0 atom stereocenters. The zero-order valence-corrected chi connectivity index (χ0v) is 15.7. The summed E-state index contributed by atoms with van der Waals surface area (Å²) >= 11 is 0. The Morgan fingerprint density at radius 1 is 1.07 bits per heavy atom. The minimum absolute atomic E-state index is 0. The van der Waals surface area contributed by atoms with E-state index in [1.54, 1.807) is 12.1 Å². The molecule has 6 nitrogen and oxygen atoms in total. The summed E-state index contributed by atoms with van der Waals surface area (Å²) in [7, 11) is 0. The number of rotatable bonds is 6. The number of ether oxygens (including phenoxy) is 1. The van der Waals surface area contributed by atoms with Crippen LogP contribution in [0.25, 0.3) is 33.3 Å². The van der Waals surface area contributed by atoms with Crippen LogP contribution in [-0.4, -0.2) is 22.7 Å². The fraction of sp³-hybridized carbons (Fsp3) is 0.143. The molecule has 0 saturated carbocycles. The minimum atomic E-state index is -0.813. The zero-order valence-electron chi connectivity index (χ0n) is 14.9. The lowest BCUT2D eigenvalue weighted by Crippen LogP contribution is -2.01. The predicted molar refractivity (Wildman–Crippen MR) is 111 cm³/mol. The van der Waals surface area contributed by atoms with Crippen LogP contribution >= 0.6 is 12.4 Å². The van der Waals surface area contributed by atoms with Crippen molar-refractivity contribution in [1.82, 2.24) is 4.98 Å². The van der Waals surface area contributed by atoms with Gasteiger partial charge in [0.15, 0.2) is 5.58 Å². The maximum atomic E-state index is 10.5. The Morgan fingerprint density at radius 3 is 2.68 bits per heavy atom. The number of nitrogens with two attached hydrogens (primary N) is 1. The highest BCUT2D eigenvalue weighted by atomic mass is 35.5. The Morgan fingerprint density at radius 2 is 1.86 bits per heavy atom. The third-order valence-corrected chi connectivity index (χ3v) is 4.27. The molecule has 144 valence electrons. The van der Waals surface area contributed by atoms with Crippen LogP contribution in [0.5, 0.6) is 5.75 Å². The van der Waals surface area contributed by atoms with Crippen molar-refractivity contribution in [2.75, 3.05) is 12.3 Å². The zero-order chi connectivity index (χ0) is 18.8. The summed E-state index contributed by atoms with van der Waals surface area (Å²) in [5.74, 6) is 0.455. The molecular weight excluding hydrogens is 380 g/mol. The molecule has 0 saturated heterocycles. The van der Waals surface area contributed by atoms with E-state index in [1.165, 1.54) is 0 Å². The number of nitrogen functional groups attached to an aromatic ring is 1. The molecule has 0 amide bonds. The molecule has 4 rings (SSSR count). The molecule has 0 aliphatic rings. The van der Waals surface area contributed by atoms with Crippen molar-refractivity contribution in [3.8, 4) is 17.2 Å². The maximum Gasteiger partial charge on any atom is 0.303 e. The molecule has 0 aliphatic carbocycles. The highest BCUT2D eigenvalue weighted by Crippen LogP contribution is 2.29. The van der Waals surface area contributed by atoms with Gasteiger partial charge in [0, 0.05) is 23.7 Å². The number of hydrogen-bond acceptors (Lipinski definition) is 5. The summed E-state index contributed by atoms with van der Waals surface area (Å²) in [6, 6.07) is 17.1. The predicted octanol–water partition coefficient (Wildman–Crippen LogP) is 4.90. The van der Waals surface area contributed by atoms with Crippen molar-refractivity contribution in [3.05, 3.63) is 54.6 Å². The lowest BCUT2D eigenvalue weighted by molar-refractivity contribution is -0.137. The Balaban J connectivity index is 0.00000225. The van der Waals surface area contributed by atoms with E-state index in [4.69, 9.17) is 20.0 Å². The minimum Gasteiger partial charge on any atom is -0.494 e. The highest BCUT2D eigenvalue weighted by Gasteiger charge is 2.09. The summed E-state index contributed by atoms with van der Waals surface area (Å²) in [5.41, 5.74) is 8.74. The molecule has 0 fully saturated rings. The summed E-state index contributed by atoms with van der Waals surface area (Å²) in [6.45, 7) is 0.377. The van der Waals surface area contributed by atoms with E-state index < -0.39 is 5.97 Å². The molecule has 3 aromatic carbocycles. The van der Waals surface area contributed by atoms with E-state index in [1.807, 2.05) is 42.5 Å². The molecule has 0 spiro atoms. The van der Waals surface area contributed by atoms with Gasteiger partial charge in [0.1, 0.15) is 11.3 Å². The molecule has 28 heavy (non-hydrogen) atoms. The topological polar surface area (TPSA) is 98.6 Å². The van der Waals surface area contributed by atoms with E-state index >= 15 is 0 Å². The van der Waals surface area contributed by atoms with E-state index in [-0.39, 0.29) is 18.8 Å². The van der Waals surface area contributed by atoms with Crippen molar-refractivity contribution in [1.29, 1.82) is 0 Å². The Kier molecular flexibility index (Phi) is 5.70. The van der Waals surface area contributed by atoms with Crippen LogP contribution in [0.4, 0.5) is 5.69 Å². The second kappa shape index (κ2) is 8.19. The van der Waals surface area contributed by atoms with Crippen molar-refractivity contribution in [3.63, 3.8) is 0 Å². The maximum absolute atomic E-state index is 10.5. The van der Waals surface area contributed by atoms with Gasteiger partial charge in [-0.3, -0.25) is 4.79 Å². The lowest BCUT2D eigenvalue weighted by atomic mass is 10.1. The number of carbonyl (C=O) groups is 1. The van der Waals surface area contributed by atoms with Gasteiger partial charge in [-0.2, -0.15) is 0 Å². The van der Waals surface area contributed by atoms with Gasteiger partial charge in [-0.05, 0) is 53.6 Å². The number of halogens is 1. The summed E-state index contributed by atoms with van der Waals surface area (Å²) in [6.07, 6.45) is 0.585. The van der Waals surface area contributed by atoms with Gasteiger partial charge in [-0.15, -0.1) is 12.4 Å². The van der Waals surface area contributed by atoms with Crippen LogP contribution in [0.2, 0.25) is 0 Å². The van der Waals surface area contributed by atoms with Gasteiger partial charge in [0.05, 0.1) is 6.61 Å². The number of anilines is 1. The summed E-state index contributed by atoms with van der Waals surface area (Å²) in [4.78, 5) is 15.1. The first kappa shape index (κ1) is 19.5. The van der Waals surface area contributed by atoms with Crippen LogP contribution in [0.1, 0.15) is 12.8 Å². The van der Waals surface area contributed by atoms with E-state index in [2.05, 4.69) is 4.98 Å². The molecule has 4 aromatic rings. The van der Waals surface area contributed by atoms with Gasteiger partial charge in [-0.1, -0.05) is 12.1 Å². The number of benzene rings is 3. The quantitative estimate of drug-likeness (QED) is 0.354. The number of carboxylic acids is 1. The van der Waals surface area contributed by atoms with Crippen LogP contribution in [0.3, 0.4) is 0 Å². The molecular formula is C21H19ClN2O4. The third kappa shape index (κ3) is 4.18. The second-order valence-corrected chi connectivity index (χ2v) is 6.32. The van der Waals surface area contributed by atoms with Crippen molar-refractivity contribution in [2.45, 2.75) is 12.8 Å². The molecule has 1 aromatic heterocycles. The molecule has 0 radical (unpaired) electrons. The van der Waals surface area contributed by atoms with E-state index in [0.717, 1.165) is 27.6 Å². The summed E-state index contributed by atoms with van der Waals surface area (Å²) < 4.78 is 11.5. The standard InChI is InChI=1S/C21H18N2O4.ClH/c22-16-6-8-18-19(12-16)27-21(23-18)15-4-3-14-11-17(7-5-13(14)10-15)26-9-1-2-20(24)25;/h3-8,10-12H,1-2,9,22H2,(H,24,25);1H. The van der Waals surface area contributed by atoms with Crippen LogP contribution in [-0.2, 0) is 4.79 Å². The lowest BCUT2D eigenvalue weighted by Gasteiger charge is -2.07. The fourth-order valence-electron chi connectivity index (χ4n) is 2.92. The molecule has 7 heteroatoms. The van der Waals surface area contributed by atoms with Crippen molar-refractivity contribution >= 4 is 45.9 Å². The monoisotopic (exact) mass is 398 g/mol. The average molecular weight is 399 g/mol. The largest absolute Gasteiger partial charge is 0.494 e. The normalized spacial score (nSPS) is 10.7. The first-order chi connectivity index (χ1) is 13.1. The number of nitrogens with zero attached hydrogens (tertiary/aromatic N) is 1. The van der Waals surface area contributed by atoms with Gasteiger partial charge < -0.3 is 20.0 Å². The number of hydrogen-bond donors (Lipinski definition) is 2. The van der Waals surface area contributed by atoms with Gasteiger partial charge in [0.25, 0.3) is 0 Å². The van der Waals surface area contributed by atoms with E-state index in [0.29, 0.717) is 30.2 Å². The highest BCUT2D eigenvalue weighted by molar-refractivity contribution is 5.88. The van der Waals surface area contributed by atoms with Crippen molar-refractivity contribution < 1.29 is 19.1 Å². The summed E-state index contributed by atoms with van der Waals surface area (Å²) in [5, 5.41) is 10.7. The van der Waals surface area contributed by atoms with Crippen LogP contribution < -0.4 is 10.5 Å². The number of fused-ring (bicyclic) bond motifs is 2. The van der Waals surface area contributed by atoms with Gasteiger partial charge in [0.2, 0.25) is 5.89 Å². The first-order valence-electron chi connectivity index (χ1n) is 8.63. The van der Waals surface area contributed by atoms with Gasteiger partial charge >= 0.3 is 5.97 Å². The molecule has 0 aliphatic heterocycles.